The molecule has 7 nitrogen and oxygen atoms in total. The van der Waals surface area contributed by atoms with E-state index in [1.807, 2.05) is 49.1 Å². The van der Waals surface area contributed by atoms with Crippen molar-refractivity contribution >= 4 is 17.7 Å². The first kappa shape index (κ1) is 18.0. The zero-order valence-corrected chi connectivity index (χ0v) is 15.3. The maximum Gasteiger partial charge on any atom is 0.260 e. The van der Waals surface area contributed by atoms with Crippen molar-refractivity contribution in [2.75, 3.05) is 43.4 Å². The number of nitrogens with two attached hydrogens (primary N) is 1. The summed E-state index contributed by atoms with van der Waals surface area (Å²) in [6, 6.07) is 9.64. The van der Waals surface area contributed by atoms with Crippen LogP contribution in [0.3, 0.4) is 0 Å². The Morgan fingerprint density at radius 2 is 1.96 bits per heavy atom. The molecule has 0 radical (unpaired) electrons. The molecule has 1 amide bonds. The van der Waals surface area contributed by atoms with Crippen LogP contribution in [0, 0.1) is 13.8 Å². The topological polar surface area (TPSA) is 84.6 Å². The Kier molecular flexibility index (Phi) is 5.55. The number of para-hydroxylation sites is 1. The number of nitrogen functional groups attached to an aromatic ring is 1. The van der Waals surface area contributed by atoms with Crippen LogP contribution in [-0.4, -0.2) is 53.6 Å². The maximum atomic E-state index is 12.5. The standard InChI is InChI=1S/C19H25N5O2/c1-14-6-3-4-7-16(14)26-13-18(25)24-9-5-8-23(10-11-24)17-12-15(2)21-19(20)22-17/h3-4,6-7,12H,5,8-11,13H2,1-2H3,(H2,20,21,22). The molecule has 0 atom stereocenters. The van der Waals surface area contributed by atoms with E-state index in [1.54, 1.807) is 0 Å². The van der Waals surface area contributed by atoms with Gasteiger partial charge < -0.3 is 20.3 Å². The first-order valence-corrected chi connectivity index (χ1v) is 8.85. The van der Waals surface area contributed by atoms with Crippen LogP contribution in [0.5, 0.6) is 5.75 Å². The lowest BCUT2D eigenvalue weighted by Crippen LogP contribution is -2.38. The fourth-order valence-electron chi connectivity index (χ4n) is 3.08. The lowest BCUT2D eigenvalue weighted by atomic mass is 10.2. The maximum absolute atomic E-state index is 12.5. The third-order valence-electron chi connectivity index (χ3n) is 4.48. The number of hydrogen-bond acceptors (Lipinski definition) is 6. The van der Waals surface area contributed by atoms with Crippen LogP contribution in [0.4, 0.5) is 11.8 Å². The van der Waals surface area contributed by atoms with Gasteiger partial charge in [0.25, 0.3) is 5.91 Å². The van der Waals surface area contributed by atoms with E-state index >= 15 is 0 Å². The predicted molar refractivity (Wildman–Crippen MR) is 101 cm³/mol. The van der Waals surface area contributed by atoms with Gasteiger partial charge in [0.05, 0.1) is 0 Å². The largest absolute Gasteiger partial charge is 0.484 e. The van der Waals surface area contributed by atoms with Gasteiger partial charge in [-0.2, -0.15) is 4.98 Å². The average molecular weight is 355 g/mol. The molecule has 2 aromatic rings. The molecule has 0 aliphatic carbocycles. The Bertz CT molecular complexity index is 760. The second-order valence-corrected chi connectivity index (χ2v) is 6.50. The van der Waals surface area contributed by atoms with Crippen molar-refractivity contribution in [2.24, 2.45) is 0 Å². The summed E-state index contributed by atoms with van der Waals surface area (Å²) < 4.78 is 5.69. The minimum Gasteiger partial charge on any atom is -0.484 e. The summed E-state index contributed by atoms with van der Waals surface area (Å²) in [4.78, 5) is 25.0. The number of rotatable bonds is 4. The molecule has 1 aromatic heterocycles. The number of aromatic nitrogens is 2. The molecule has 2 heterocycles. The van der Waals surface area contributed by atoms with Crippen LogP contribution >= 0.6 is 0 Å². The summed E-state index contributed by atoms with van der Waals surface area (Å²) in [6.45, 7) is 6.83. The molecule has 0 spiro atoms. The van der Waals surface area contributed by atoms with Crippen LogP contribution in [0.1, 0.15) is 17.7 Å². The number of anilines is 2. The molecule has 0 bridgehead atoms. The van der Waals surface area contributed by atoms with Crippen molar-refractivity contribution in [1.82, 2.24) is 14.9 Å². The Balaban J connectivity index is 1.57. The molecule has 3 rings (SSSR count). The van der Waals surface area contributed by atoms with E-state index in [2.05, 4.69) is 14.9 Å². The van der Waals surface area contributed by atoms with Crippen LogP contribution in [0.15, 0.2) is 30.3 Å². The SMILES string of the molecule is Cc1cc(N2CCCN(C(=O)COc3ccccc3C)CC2)nc(N)n1. The highest BCUT2D eigenvalue weighted by Crippen LogP contribution is 2.18. The molecule has 26 heavy (non-hydrogen) atoms. The Morgan fingerprint density at radius 1 is 1.15 bits per heavy atom. The lowest BCUT2D eigenvalue weighted by molar-refractivity contribution is -0.133. The number of carbonyl (C=O) groups excluding carboxylic acids is 1. The minimum absolute atomic E-state index is 0.00786. The van der Waals surface area contributed by atoms with Crippen molar-refractivity contribution in [1.29, 1.82) is 0 Å². The van der Waals surface area contributed by atoms with Crippen molar-refractivity contribution < 1.29 is 9.53 Å². The Hall–Kier alpha value is -2.83. The first-order valence-electron chi connectivity index (χ1n) is 8.85. The molecule has 1 aliphatic rings. The van der Waals surface area contributed by atoms with E-state index in [0.717, 1.165) is 35.8 Å². The summed E-state index contributed by atoms with van der Waals surface area (Å²) in [5, 5.41) is 0. The van der Waals surface area contributed by atoms with Gasteiger partial charge in [0.1, 0.15) is 11.6 Å². The summed E-state index contributed by atoms with van der Waals surface area (Å²) in [5.74, 6) is 1.86. The summed E-state index contributed by atoms with van der Waals surface area (Å²) in [5.41, 5.74) is 7.63. The Morgan fingerprint density at radius 3 is 2.73 bits per heavy atom. The number of hydrogen-bond donors (Lipinski definition) is 1. The van der Waals surface area contributed by atoms with Crippen LogP contribution in [0.25, 0.3) is 0 Å². The Labute approximate surface area is 153 Å². The van der Waals surface area contributed by atoms with E-state index in [0.29, 0.717) is 19.6 Å². The quantitative estimate of drug-likeness (QED) is 0.900. The van der Waals surface area contributed by atoms with E-state index in [9.17, 15) is 4.79 Å². The second kappa shape index (κ2) is 8.03. The van der Waals surface area contributed by atoms with E-state index in [1.165, 1.54) is 0 Å². The van der Waals surface area contributed by atoms with Gasteiger partial charge >= 0.3 is 0 Å². The lowest BCUT2D eigenvalue weighted by Gasteiger charge is -2.23. The molecule has 1 fully saturated rings. The normalized spacial score (nSPS) is 14.8. The van der Waals surface area contributed by atoms with Gasteiger partial charge in [0, 0.05) is 37.9 Å². The third kappa shape index (κ3) is 4.41. The van der Waals surface area contributed by atoms with Crippen LogP contribution in [-0.2, 0) is 4.79 Å². The van der Waals surface area contributed by atoms with E-state index < -0.39 is 0 Å². The molecule has 1 aliphatic heterocycles. The smallest absolute Gasteiger partial charge is 0.260 e. The van der Waals surface area contributed by atoms with Gasteiger partial charge in [-0.3, -0.25) is 4.79 Å². The molecule has 138 valence electrons. The predicted octanol–water partition coefficient (Wildman–Crippen LogP) is 1.79. The molecular weight excluding hydrogens is 330 g/mol. The highest BCUT2D eigenvalue weighted by Gasteiger charge is 2.21. The molecule has 1 aromatic carbocycles. The van der Waals surface area contributed by atoms with Gasteiger partial charge in [0.15, 0.2) is 6.61 Å². The first-order chi connectivity index (χ1) is 12.5. The summed E-state index contributed by atoms with van der Waals surface area (Å²) in [6.07, 6.45) is 0.874. The molecule has 0 unspecified atom stereocenters. The fraction of sp³-hybridized carbons (Fsp3) is 0.421. The van der Waals surface area contributed by atoms with Gasteiger partial charge in [-0.1, -0.05) is 18.2 Å². The number of ether oxygens (including phenoxy) is 1. The zero-order chi connectivity index (χ0) is 18.5. The van der Waals surface area contributed by atoms with E-state index in [4.69, 9.17) is 10.5 Å². The third-order valence-corrected chi connectivity index (χ3v) is 4.48. The zero-order valence-electron chi connectivity index (χ0n) is 15.3. The van der Waals surface area contributed by atoms with Crippen molar-refractivity contribution in [3.8, 4) is 5.75 Å². The number of carbonyl (C=O) groups is 1. The molecular formula is C19H25N5O2. The van der Waals surface area contributed by atoms with Gasteiger partial charge in [-0.25, -0.2) is 4.98 Å². The molecule has 0 saturated carbocycles. The number of nitrogens with zero attached hydrogens (tertiary/aromatic N) is 4. The number of aryl methyl sites for hydroxylation is 2. The second-order valence-electron chi connectivity index (χ2n) is 6.50. The number of benzene rings is 1. The van der Waals surface area contributed by atoms with Crippen LogP contribution < -0.4 is 15.4 Å². The monoisotopic (exact) mass is 355 g/mol. The molecule has 2 N–H and O–H groups in total. The number of amides is 1. The van der Waals surface area contributed by atoms with E-state index in [-0.39, 0.29) is 18.5 Å². The minimum atomic E-state index is 0.00786. The van der Waals surface area contributed by atoms with Crippen molar-refractivity contribution in [2.45, 2.75) is 20.3 Å². The van der Waals surface area contributed by atoms with Crippen molar-refractivity contribution in [3.63, 3.8) is 0 Å². The van der Waals surface area contributed by atoms with Gasteiger partial charge in [-0.15, -0.1) is 0 Å². The summed E-state index contributed by atoms with van der Waals surface area (Å²) in [7, 11) is 0. The van der Waals surface area contributed by atoms with Gasteiger partial charge in [-0.05, 0) is 31.9 Å². The van der Waals surface area contributed by atoms with Crippen LogP contribution in [0.2, 0.25) is 0 Å². The highest BCUT2D eigenvalue weighted by atomic mass is 16.5. The average Bonchev–Trinajstić information content (AvgIpc) is 2.86. The molecule has 1 saturated heterocycles. The molecule has 7 heteroatoms. The fourth-order valence-corrected chi connectivity index (χ4v) is 3.08. The highest BCUT2D eigenvalue weighted by molar-refractivity contribution is 5.78. The summed E-state index contributed by atoms with van der Waals surface area (Å²) >= 11 is 0. The van der Waals surface area contributed by atoms with Crippen molar-refractivity contribution in [3.05, 3.63) is 41.6 Å². The van der Waals surface area contributed by atoms with Gasteiger partial charge in [0.2, 0.25) is 5.95 Å².